The fourth-order valence-corrected chi connectivity index (χ4v) is 4.00. The second kappa shape index (κ2) is 7.62. The number of nitrogens with zero attached hydrogens (tertiary/aromatic N) is 7. The SMILES string of the molecule is Cc1nnc2nc(N3CCCc4c(C#CC(C)(C)C(F)(F)F)cncc43)c3c(F)cncc3n12. The van der Waals surface area contributed by atoms with Crippen molar-refractivity contribution in [3.05, 3.63) is 47.6 Å². The summed E-state index contributed by atoms with van der Waals surface area (Å²) in [6.07, 6.45) is 2.50. The molecule has 4 aromatic heterocycles. The second-order valence-corrected chi connectivity index (χ2v) is 8.65. The van der Waals surface area contributed by atoms with Crippen LogP contribution in [0.4, 0.5) is 29.1 Å². The first kappa shape index (κ1) is 22.0. The van der Waals surface area contributed by atoms with E-state index in [2.05, 4.69) is 37.0 Å². The molecule has 0 bridgehead atoms. The number of aromatic nitrogens is 6. The lowest BCUT2D eigenvalue weighted by molar-refractivity contribution is -0.190. The van der Waals surface area contributed by atoms with Crippen molar-refractivity contribution in [1.82, 2.24) is 29.5 Å². The molecule has 4 aromatic rings. The van der Waals surface area contributed by atoms with E-state index in [1.807, 2.05) is 0 Å². The van der Waals surface area contributed by atoms with Crippen LogP contribution in [0.1, 0.15) is 37.2 Å². The fourth-order valence-electron chi connectivity index (χ4n) is 4.00. The maximum Gasteiger partial charge on any atom is 0.404 e. The lowest BCUT2D eigenvalue weighted by Gasteiger charge is -2.31. The van der Waals surface area contributed by atoms with E-state index in [0.717, 1.165) is 25.6 Å². The van der Waals surface area contributed by atoms with E-state index >= 15 is 4.39 Å². The molecule has 1 aliphatic heterocycles. The topological polar surface area (TPSA) is 72.1 Å². The number of alkyl halides is 3. The average molecular weight is 469 g/mol. The number of rotatable bonds is 1. The number of pyridine rings is 2. The highest BCUT2D eigenvalue weighted by Gasteiger charge is 2.46. The molecule has 7 nitrogen and oxygen atoms in total. The molecule has 174 valence electrons. The van der Waals surface area contributed by atoms with Crippen molar-refractivity contribution in [2.24, 2.45) is 5.41 Å². The molecule has 1 aliphatic rings. The van der Waals surface area contributed by atoms with Crippen LogP contribution in [0.15, 0.2) is 24.8 Å². The first-order valence-electron chi connectivity index (χ1n) is 10.6. The predicted octanol–water partition coefficient (Wildman–Crippen LogP) is 4.54. The lowest BCUT2D eigenvalue weighted by Crippen LogP contribution is -2.30. The van der Waals surface area contributed by atoms with Crippen LogP contribution in [-0.4, -0.2) is 42.3 Å². The Balaban J connectivity index is 1.70. The van der Waals surface area contributed by atoms with Gasteiger partial charge < -0.3 is 4.90 Å². The number of anilines is 2. The third kappa shape index (κ3) is 3.41. The van der Waals surface area contributed by atoms with E-state index in [0.29, 0.717) is 47.8 Å². The molecule has 0 saturated heterocycles. The van der Waals surface area contributed by atoms with Gasteiger partial charge in [0, 0.05) is 18.3 Å². The molecule has 0 N–H and O–H groups in total. The van der Waals surface area contributed by atoms with Gasteiger partial charge in [-0.25, -0.2) is 4.39 Å². The summed E-state index contributed by atoms with van der Waals surface area (Å²) in [7, 11) is 0. The Hall–Kier alpha value is -3.81. The van der Waals surface area contributed by atoms with Gasteiger partial charge in [-0.3, -0.25) is 14.4 Å². The summed E-state index contributed by atoms with van der Waals surface area (Å²) in [5.41, 5.74) is 0.0621. The van der Waals surface area contributed by atoms with Crippen LogP contribution in [0, 0.1) is 30.0 Å². The summed E-state index contributed by atoms with van der Waals surface area (Å²) in [5.74, 6) is 5.62. The molecule has 0 aromatic carbocycles. The van der Waals surface area contributed by atoms with Crippen LogP contribution >= 0.6 is 0 Å². The number of halogens is 4. The summed E-state index contributed by atoms with van der Waals surface area (Å²) in [6, 6.07) is 0. The van der Waals surface area contributed by atoms with Gasteiger partial charge in [-0.1, -0.05) is 11.8 Å². The van der Waals surface area contributed by atoms with Crippen molar-refractivity contribution in [3.63, 3.8) is 0 Å². The van der Waals surface area contributed by atoms with Crippen LogP contribution in [0.5, 0.6) is 0 Å². The Morgan fingerprint density at radius 1 is 1.03 bits per heavy atom. The van der Waals surface area contributed by atoms with Gasteiger partial charge in [-0.2, -0.15) is 18.2 Å². The van der Waals surface area contributed by atoms with E-state index < -0.39 is 17.4 Å². The van der Waals surface area contributed by atoms with Crippen molar-refractivity contribution >= 4 is 28.2 Å². The fraction of sp³-hybridized carbons (Fsp3) is 0.348. The maximum atomic E-state index is 15.1. The van der Waals surface area contributed by atoms with Crippen LogP contribution in [0.25, 0.3) is 16.7 Å². The maximum absolute atomic E-state index is 15.1. The molecule has 5 heterocycles. The molecule has 0 atom stereocenters. The zero-order valence-corrected chi connectivity index (χ0v) is 18.6. The Labute approximate surface area is 191 Å². The molecule has 0 radical (unpaired) electrons. The summed E-state index contributed by atoms with van der Waals surface area (Å²) in [5, 5.41) is 8.38. The monoisotopic (exact) mass is 469 g/mol. The third-order valence-electron chi connectivity index (χ3n) is 5.97. The van der Waals surface area contributed by atoms with Gasteiger partial charge in [0.25, 0.3) is 5.78 Å². The number of fused-ring (bicyclic) bond motifs is 4. The van der Waals surface area contributed by atoms with E-state index in [4.69, 9.17) is 0 Å². The lowest BCUT2D eigenvalue weighted by atomic mass is 9.92. The van der Waals surface area contributed by atoms with E-state index in [1.54, 1.807) is 22.4 Å². The molecular weight excluding hydrogens is 450 g/mol. The van der Waals surface area contributed by atoms with Crippen LogP contribution in [0.2, 0.25) is 0 Å². The Bertz CT molecular complexity index is 1490. The van der Waals surface area contributed by atoms with Crippen LogP contribution in [0.3, 0.4) is 0 Å². The minimum atomic E-state index is -4.46. The summed E-state index contributed by atoms with van der Waals surface area (Å²) in [4.78, 5) is 14.6. The van der Waals surface area contributed by atoms with Crippen LogP contribution < -0.4 is 4.90 Å². The Morgan fingerprint density at radius 3 is 2.56 bits per heavy atom. The minimum Gasteiger partial charge on any atom is -0.324 e. The Kier molecular flexibility index (Phi) is 4.93. The molecule has 34 heavy (non-hydrogen) atoms. The average Bonchev–Trinajstić information content (AvgIpc) is 3.17. The van der Waals surface area contributed by atoms with Crippen molar-refractivity contribution in [1.29, 1.82) is 0 Å². The van der Waals surface area contributed by atoms with Gasteiger partial charge in [0.2, 0.25) is 0 Å². The van der Waals surface area contributed by atoms with Crippen molar-refractivity contribution in [2.45, 2.75) is 39.8 Å². The normalized spacial score (nSPS) is 14.3. The largest absolute Gasteiger partial charge is 0.404 e. The van der Waals surface area contributed by atoms with Gasteiger partial charge in [0.15, 0.2) is 5.82 Å². The summed E-state index contributed by atoms with van der Waals surface area (Å²) < 4.78 is 56.5. The standard InChI is InChI=1S/C23H19F4N7/c1-13-31-32-21-30-20(19-16(24)10-29-12-18(19)34(13)21)33-8-4-5-15-14(9-28-11-17(15)33)6-7-22(2,3)23(25,26)27/h9-12H,4-5,8H2,1-3H3. The van der Waals surface area contributed by atoms with Gasteiger partial charge in [0.05, 0.1) is 35.2 Å². The molecule has 0 aliphatic carbocycles. The van der Waals surface area contributed by atoms with Gasteiger partial charge in [-0.05, 0) is 39.2 Å². The highest BCUT2D eigenvalue weighted by atomic mass is 19.4. The smallest absolute Gasteiger partial charge is 0.324 e. The number of hydrogen-bond donors (Lipinski definition) is 0. The molecule has 5 rings (SSSR count). The second-order valence-electron chi connectivity index (χ2n) is 8.65. The van der Waals surface area contributed by atoms with Crippen molar-refractivity contribution < 1.29 is 17.6 Å². The highest BCUT2D eigenvalue weighted by molar-refractivity contribution is 5.94. The molecule has 0 amide bonds. The molecule has 0 fully saturated rings. The van der Waals surface area contributed by atoms with Gasteiger partial charge >= 0.3 is 6.18 Å². The number of hydrogen-bond acceptors (Lipinski definition) is 6. The first-order valence-corrected chi connectivity index (χ1v) is 10.6. The van der Waals surface area contributed by atoms with Gasteiger partial charge in [0.1, 0.15) is 17.1 Å². The minimum absolute atomic E-state index is 0.243. The Morgan fingerprint density at radius 2 is 1.79 bits per heavy atom. The molecule has 0 saturated carbocycles. The van der Waals surface area contributed by atoms with Gasteiger partial charge in [-0.15, -0.1) is 10.2 Å². The highest BCUT2D eigenvalue weighted by Crippen LogP contribution is 2.39. The van der Waals surface area contributed by atoms with E-state index in [9.17, 15) is 13.2 Å². The van der Waals surface area contributed by atoms with E-state index in [1.165, 1.54) is 12.4 Å². The zero-order chi connectivity index (χ0) is 24.3. The number of aryl methyl sites for hydroxylation is 1. The summed E-state index contributed by atoms with van der Waals surface area (Å²) in [6.45, 7) is 4.32. The molecule has 11 heteroatoms. The summed E-state index contributed by atoms with van der Waals surface area (Å²) >= 11 is 0. The molecule has 0 unspecified atom stereocenters. The van der Waals surface area contributed by atoms with Crippen LogP contribution in [-0.2, 0) is 6.42 Å². The molecule has 0 spiro atoms. The van der Waals surface area contributed by atoms with Crippen molar-refractivity contribution in [2.75, 3.05) is 11.4 Å². The van der Waals surface area contributed by atoms with Crippen molar-refractivity contribution in [3.8, 4) is 11.8 Å². The predicted molar refractivity (Wildman–Crippen MR) is 117 cm³/mol. The van der Waals surface area contributed by atoms with E-state index in [-0.39, 0.29) is 11.2 Å². The first-order chi connectivity index (χ1) is 16.1. The third-order valence-corrected chi connectivity index (χ3v) is 5.97. The zero-order valence-electron chi connectivity index (χ0n) is 18.6. The quantitative estimate of drug-likeness (QED) is 0.301. The molecular formula is C23H19F4N7.